The van der Waals surface area contributed by atoms with Crippen LogP contribution in [0.25, 0.3) is 11.1 Å². The van der Waals surface area contributed by atoms with Crippen LogP contribution < -0.4 is 9.47 Å². The molecule has 1 fully saturated rings. The number of carbonyl (C=O) groups is 1. The molecule has 180 valence electrons. The summed E-state index contributed by atoms with van der Waals surface area (Å²) < 4.78 is 11.4. The second-order valence-corrected chi connectivity index (χ2v) is 10.2. The molecular formula is C30H42O3. The molecule has 2 aromatic rings. The van der Waals surface area contributed by atoms with Crippen molar-refractivity contribution in [2.75, 3.05) is 6.61 Å². The fourth-order valence-corrected chi connectivity index (χ4v) is 4.30. The van der Waals surface area contributed by atoms with Gasteiger partial charge in [-0.2, -0.15) is 0 Å². The molecule has 3 nitrogen and oxygen atoms in total. The van der Waals surface area contributed by atoms with Crippen molar-refractivity contribution in [3.8, 4) is 22.6 Å². The van der Waals surface area contributed by atoms with Gasteiger partial charge in [-0.25, -0.2) is 0 Å². The maximum absolute atomic E-state index is 12.2. The number of benzene rings is 2. The van der Waals surface area contributed by atoms with Gasteiger partial charge in [0.25, 0.3) is 0 Å². The molecule has 0 aromatic heterocycles. The molecule has 0 amide bonds. The number of rotatable bonds is 15. The predicted molar refractivity (Wildman–Crippen MR) is 137 cm³/mol. The van der Waals surface area contributed by atoms with Crippen LogP contribution in [0.5, 0.6) is 11.5 Å². The van der Waals surface area contributed by atoms with Crippen molar-refractivity contribution in [2.24, 2.45) is 11.3 Å². The van der Waals surface area contributed by atoms with Crippen LogP contribution >= 0.6 is 0 Å². The SMILES string of the molecule is CCCCCCCCCCCCOc1ccc(-c2ccc(OC(=O)C3CC3(C)C)cc2)cc1. The van der Waals surface area contributed by atoms with Crippen LogP contribution in [0.3, 0.4) is 0 Å². The summed E-state index contributed by atoms with van der Waals surface area (Å²) in [6, 6.07) is 16.0. The highest BCUT2D eigenvalue weighted by molar-refractivity contribution is 5.79. The summed E-state index contributed by atoms with van der Waals surface area (Å²) in [6.45, 7) is 7.26. The summed E-state index contributed by atoms with van der Waals surface area (Å²) in [4.78, 5) is 12.2. The van der Waals surface area contributed by atoms with Gasteiger partial charge in [-0.05, 0) is 53.6 Å². The third-order valence-corrected chi connectivity index (χ3v) is 6.82. The average Bonchev–Trinajstić information content (AvgIpc) is 3.47. The molecule has 2 aromatic carbocycles. The summed E-state index contributed by atoms with van der Waals surface area (Å²) in [5.74, 6) is 1.46. The lowest BCUT2D eigenvalue weighted by Gasteiger charge is -2.09. The van der Waals surface area contributed by atoms with Crippen molar-refractivity contribution in [3.05, 3.63) is 48.5 Å². The minimum atomic E-state index is -0.114. The van der Waals surface area contributed by atoms with E-state index >= 15 is 0 Å². The van der Waals surface area contributed by atoms with Crippen molar-refractivity contribution in [3.63, 3.8) is 0 Å². The summed E-state index contributed by atoms with van der Waals surface area (Å²) in [7, 11) is 0. The fraction of sp³-hybridized carbons (Fsp3) is 0.567. The first-order chi connectivity index (χ1) is 16.0. The third kappa shape index (κ3) is 8.53. The molecule has 0 aliphatic heterocycles. The van der Waals surface area contributed by atoms with E-state index in [1.54, 1.807) is 0 Å². The topological polar surface area (TPSA) is 35.5 Å². The van der Waals surface area contributed by atoms with Crippen LogP contribution in [0.2, 0.25) is 0 Å². The molecule has 33 heavy (non-hydrogen) atoms. The summed E-state index contributed by atoms with van der Waals surface area (Å²) in [6.07, 6.45) is 14.3. The molecule has 0 bridgehead atoms. The van der Waals surface area contributed by atoms with E-state index in [1.807, 2.05) is 36.4 Å². The van der Waals surface area contributed by atoms with E-state index in [0.717, 1.165) is 36.3 Å². The van der Waals surface area contributed by atoms with Gasteiger partial charge in [0.2, 0.25) is 0 Å². The Bertz CT molecular complexity index is 836. The summed E-state index contributed by atoms with van der Waals surface area (Å²) >= 11 is 0. The molecule has 0 heterocycles. The molecule has 1 atom stereocenters. The Labute approximate surface area is 200 Å². The fourth-order valence-electron chi connectivity index (χ4n) is 4.30. The van der Waals surface area contributed by atoms with E-state index in [4.69, 9.17) is 9.47 Å². The molecule has 0 spiro atoms. The molecular weight excluding hydrogens is 408 g/mol. The van der Waals surface area contributed by atoms with E-state index in [9.17, 15) is 4.79 Å². The van der Waals surface area contributed by atoms with Crippen LogP contribution in [0.1, 0.15) is 91.4 Å². The highest BCUT2D eigenvalue weighted by Crippen LogP contribution is 2.52. The Morgan fingerprint density at radius 3 is 1.70 bits per heavy atom. The predicted octanol–water partition coefficient (Wildman–Crippen LogP) is 8.60. The van der Waals surface area contributed by atoms with Gasteiger partial charge in [0, 0.05) is 0 Å². The number of carbonyl (C=O) groups excluding carboxylic acids is 1. The maximum Gasteiger partial charge on any atom is 0.314 e. The van der Waals surface area contributed by atoms with Crippen LogP contribution in [0, 0.1) is 11.3 Å². The van der Waals surface area contributed by atoms with Crippen molar-refractivity contribution in [1.82, 2.24) is 0 Å². The lowest BCUT2D eigenvalue weighted by Crippen LogP contribution is -2.13. The van der Waals surface area contributed by atoms with Gasteiger partial charge in [0.15, 0.2) is 0 Å². The van der Waals surface area contributed by atoms with E-state index in [-0.39, 0.29) is 17.3 Å². The van der Waals surface area contributed by atoms with Gasteiger partial charge in [0.1, 0.15) is 11.5 Å². The highest BCUT2D eigenvalue weighted by Gasteiger charge is 2.51. The van der Waals surface area contributed by atoms with Crippen LogP contribution in [0.4, 0.5) is 0 Å². The number of ether oxygens (including phenoxy) is 2. The minimum absolute atomic E-state index is 0.0324. The Hall–Kier alpha value is -2.29. The van der Waals surface area contributed by atoms with Gasteiger partial charge in [-0.3, -0.25) is 4.79 Å². The van der Waals surface area contributed by atoms with E-state index in [0.29, 0.717) is 5.75 Å². The maximum atomic E-state index is 12.2. The number of unbranched alkanes of at least 4 members (excludes halogenated alkanes) is 9. The highest BCUT2D eigenvalue weighted by atomic mass is 16.5. The van der Waals surface area contributed by atoms with Crippen LogP contribution in [0.15, 0.2) is 48.5 Å². The number of hydrogen-bond acceptors (Lipinski definition) is 3. The van der Waals surface area contributed by atoms with Crippen LogP contribution in [-0.2, 0) is 4.79 Å². The quantitative estimate of drug-likeness (QED) is 0.155. The molecule has 0 radical (unpaired) electrons. The first-order valence-corrected chi connectivity index (χ1v) is 13.0. The van der Waals surface area contributed by atoms with E-state index in [2.05, 4.69) is 32.9 Å². The zero-order chi connectivity index (χ0) is 23.5. The molecule has 0 saturated heterocycles. The van der Waals surface area contributed by atoms with Gasteiger partial charge in [-0.1, -0.05) is 103 Å². The zero-order valence-corrected chi connectivity index (χ0v) is 20.9. The Morgan fingerprint density at radius 1 is 0.758 bits per heavy atom. The van der Waals surface area contributed by atoms with Gasteiger partial charge >= 0.3 is 5.97 Å². The van der Waals surface area contributed by atoms with Crippen molar-refractivity contribution >= 4 is 5.97 Å². The van der Waals surface area contributed by atoms with Crippen molar-refractivity contribution < 1.29 is 14.3 Å². The average molecular weight is 451 g/mol. The third-order valence-electron chi connectivity index (χ3n) is 6.82. The molecule has 1 aliphatic carbocycles. The Morgan fingerprint density at radius 2 is 1.21 bits per heavy atom. The van der Waals surface area contributed by atoms with Gasteiger partial charge < -0.3 is 9.47 Å². The Balaban J connectivity index is 1.31. The first kappa shape index (κ1) is 25.3. The largest absolute Gasteiger partial charge is 0.494 e. The molecule has 1 aliphatic rings. The Kier molecular flexibility index (Phi) is 9.84. The number of hydrogen-bond donors (Lipinski definition) is 0. The smallest absolute Gasteiger partial charge is 0.314 e. The monoisotopic (exact) mass is 450 g/mol. The zero-order valence-electron chi connectivity index (χ0n) is 20.9. The standard InChI is InChI=1S/C30H42O3/c1-4-5-6-7-8-9-10-11-12-13-22-32-26-18-14-24(15-19-26)25-16-20-27(21-17-25)33-29(31)28-23-30(28,2)3/h14-21,28H,4-13,22-23H2,1-3H3. The van der Waals surface area contributed by atoms with Crippen molar-refractivity contribution in [1.29, 1.82) is 0 Å². The minimum Gasteiger partial charge on any atom is -0.494 e. The lowest BCUT2D eigenvalue weighted by atomic mass is 10.1. The molecule has 3 rings (SSSR count). The van der Waals surface area contributed by atoms with Crippen molar-refractivity contribution in [2.45, 2.75) is 91.4 Å². The van der Waals surface area contributed by atoms with E-state index in [1.165, 1.54) is 57.8 Å². The van der Waals surface area contributed by atoms with Gasteiger partial charge in [0.05, 0.1) is 12.5 Å². The number of esters is 1. The second kappa shape index (κ2) is 12.8. The van der Waals surface area contributed by atoms with Crippen LogP contribution in [-0.4, -0.2) is 12.6 Å². The normalized spacial score (nSPS) is 16.4. The van der Waals surface area contributed by atoms with Gasteiger partial charge in [-0.15, -0.1) is 0 Å². The summed E-state index contributed by atoms with van der Waals surface area (Å²) in [5, 5.41) is 0. The lowest BCUT2D eigenvalue weighted by molar-refractivity contribution is -0.136. The molecule has 1 saturated carbocycles. The molecule has 1 unspecified atom stereocenters. The molecule has 3 heteroatoms. The molecule has 0 N–H and O–H groups in total. The first-order valence-electron chi connectivity index (χ1n) is 13.0. The summed E-state index contributed by atoms with van der Waals surface area (Å²) in [5.41, 5.74) is 2.32. The van der Waals surface area contributed by atoms with E-state index < -0.39 is 0 Å². The second-order valence-electron chi connectivity index (χ2n) is 10.2.